The molecular formula is C22H23FN2O2. The van der Waals surface area contributed by atoms with Crippen molar-refractivity contribution in [2.45, 2.75) is 20.4 Å². The third-order valence-corrected chi connectivity index (χ3v) is 5.48. The number of para-hydroxylation sites is 1. The standard InChI is InChI=1S/C22H23FN2O2/c1-15-7-8-18-17(13-21(26)27-22(18)16(15)2)14-24-9-11-25(12-10-24)20-6-4-3-5-19(20)23/h3-8,13H,9-12,14H2,1-2H3. The number of nitrogens with zero attached hydrogens (tertiary/aromatic N) is 2. The van der Waals surface area contributed by atoms with Gasteiger partial charge < -0.3 is 9.32 Å². The predicted octanol–water partition coefficient (Wildman–Crippen LogP) is 3.87. The van der Waals surface area contributed by atoms with Gasteiger partial charge in [-0.2, -0.15) is 0 Å². The Kier molecular flexibility index (Phi) is 4.70. The van der Waals surface area contributed by atoms with E-state index in [0.717, 1.165) is 48.3 Å². The summed E-state index contributed by atoms with van der Waals surface area (Å²) in [5.41, 5.74) is 4.15. The fourth-order valence-electron chi connectivity index (χ4n) is 3.75. The molecule has 2 aromatic carbocycles. The largest absolute Gasteiger partial charge is 0.422 e. The van der Waals surface area contributed by atoms with Crippen LogP contribution in [-0.2, 0) is 6.54 Å². The molecule has 0 atom stereocenters. The van der Waals surface area contributed by atoms with Crippen LogP contribution in [0.3, 0.4) is 0 Å². The molecule has 0 bridgehead atoms. The molecule has 0 saturated carbocycles. The van der Waals surface area contributed by atoms with Gasteiger partial charge in [0.1, 0.15) is 11.4 Å². The van der Waals surface area contributed by atoms with Crippen molar-refractivity contribution >= 4 is 16.7 Å². The molecule has 0 spiro atoms. The molecule has 1 fully saturated rings. The predicted molar refractivity (Wildman–Crippen MR) is 106 cm³/mol. The van der Waals surface area contributed by atoms with Crippen molar-refractivity contribution in [1.82, 2.24) is 4.90 Å². The minimum Gasteiger partial charge on any atom is -0.422 e. The molecule has 3 aromatic rings. The summed E-state index contributed by atoms with van der Waals surface area (Å²) < 4.78 is 19.5. The van der Waals surface area contributed by atoms with E-state index in [4.69, 9.17) is 4.42 Å². The first-order chi connectivity index (χ1) is 13.0. The van der Waals surface area contributed by atoms with E-state index in [-0.39, 0.29) is 11.4 Å². The lowest BCUT2D eigenvalue weighted by Gasteiger charge is -2.36. The molecule has 4 nitrogen and oxygen atoms in total. The molecule has 1 aliphatic rings. The average molecular weight is 366 g/mol. The Hall–Kier alpha value is -2.66. The van der Waals surface area contributed by atoms with Crippen molar-refractivity contribution < 1.29 is 8.81 Å². The molecule has 140 valence electrons. The number of hydrogen-bond donors (Lipinski definition) is 0. The molecule has 1 aliphatic heterocycles. The molecular weight excluding hydrogens is 343 g/mol. The fraction of sp³-hybridized carbons (Fsp3) is 0.318. The van der Waals surface area contributed by atoms with Crippen LogP contribution in [0.5, 0.6) is 0 Å². The highest BCUT2D eigenvalue weighted by molar-refractivity contribution is 5.83. The van der Waals surface area contributed by atoms with Crippen LogP contribution in [0.4, 0.5) is 10.1 Å². The highest BCUT2D eigenvalue weighted by Gasteiger charge is 2.20. The number of hydrogen-bond acceptors (Lipinski definition) is 4. The van der Waals surface area contributed by atoms with Gasteiger partial charge in [-0.15, -0.1) is 0 Å². The van der Waals surface area contributed by atoms with Gasteiger partial charge in [0.15, 0.2) is 0 Å². The van der Waals surface area contributed by atoms with Gasteiger partial charge in [-0.05, 0) is 42.7 Å². The van der Waals surface area contributed by atoms with E-state index in [9.17, 15) is 9.18 Å². The second-order valence-electron chi connectivity index (χ2n) is 7.19. The zero-order chi connectivity index (χ0) is 19.0. The first-order valence-corrected chi connectivity index (χ1v) is 9.28. The first kappa shape index (κ1) is 17.7. The van der Waals surface area contributed by atoms with Crippen LogP contribution in [0, 0.1) is 19.7 Å². The maximum atomic E-state index is 14.0. The summed E-state index contributed by atoms with van der Waals surface area (Å²) in [7, 11) is 0. The van der Waals surface area contributed by atoms with Crippen LogP contribution in [0.15, 0.2) is 51.7 Å². The van der Waals surface area contributed by atoms with Crippen molar-refractivity contribution in [2.75, 3.05) is 31.1 Å². The van der Waals surface area contributed by atoms with Gasteiger partial charge in [-0.25, -0.2) is 9.18 Å². The van der Waals surface area contributed by atoms with Crippen LogP contribution in [0.2, 0.25) is 0 Å². The third kappa shape index (κ3) is 3.47. The summed E-state index contributed by atoms with van der Waals surface area (Å²) in [6.07, 6.45) is 0. The Morgan fingerprint density at radius 2 is 1.78 bits per heavy atom. The minimum atomic E-state index is -0.309. The summed E-state index contributed by atoms with van der Waals surface area (Å²) in [4.78, 5) is 16.4. The summed E-state index contributed by atoms with van der Waals surface area (Å²) >= 11 is 0. The highest BCUT2D eigenvalue weighted by atomic mass is 19.1. The Bertz CT molecular complexity index is 1040. The smallest absolute Gasteiger partial charge is 0.336 e. The zero-order valence-corrected chi connectivity index (χ0v) is 15.7. The van der Waals surface area contributed by atoms with Gasteiger partial charge in [0.05, 0.1) is 5.69 Å². The van der Waals surface area contributed by atoms with E-state index in [1.54, 1.807) is 12.1 Å². The topological polar surface area (TPSA) is 36.7 Å². The van der Waals surface area contributed by atoms with Crippen molar-refractivity contribution in [3.8, 4) is 0 Å². The van der Waals surface area contributed by atoms with E-state index < -0.39 is 0 Å². The zero-order valence-electron chi connectivity index (χ0n) is 15.7. The number of benzene rings is 2. The molecule has 0 N–H and O–H groups in total. The van der Waals surface area contributed by atoms with Crippen LogP contribution in [0.1, 0.15) is 16.7 Å². The molecule has 0 radical (unpaired) electrons. The van der Waals surface area contributed by atoms with Gasteiger partial charge >= 0.3 is 5.63 Å². The van der Waals surface area contributed by atoms with Crippen LogP contribution < -0.4 is 10.5 Å². The SMILES string of the molecule is Cc1ccc2c(CN3CCN(c4ccccc4F)CC3)cc(=O)oc2c1C. The van der Waals surface area contributed by atoms with Crippen molar-refractivity contribution in [3.05, 3.63) is 75.4 Å². The van der Waals surface area contributed by atoms with Gasteiger partial charge in [-0.1, -0.05) is 24.3 Å². The Labute approximate surface area is 157 Å². The molecule has 2 heterocycles. The summed E-state index contributed by atoms with van der Waals surface area (Å²) in [6.45, 7) is 7.86. The van der Waals surface area contributed by atoms with E-state index in [1.165, 1.54) is 6.07 Å². The molecule has 5 heteroatoms. The molecule has 0 aliphatic carbocycles. The Morgan fingerprint density at radius 1 is 1.04 bits per heavy atom. The maximum absolute atomic E-state index is 14.0. The highest BCUT2D eigenvalue weighted by Crippen LogP contribution is 2.25. The van der Waals surface area contributed by atoms with Crippen molar-refractivity contribution in [3.63, 3.8) is 0 Å². The van der Waals surface area contributed by atoms with Gasteiger partial charge in [0.25, 0.3) is 0 Å². The van der Waals surface area contributed by atoms with Crippen LogP contribution in [0.25, 0.3) is 11.0 Å². The lowest BCUT2D eigenvalue weighted by molar-refractivity contribution is 0.249. The number of rotatable bonds is 3. The van der Waals surface area contributed by atoms with Crippen LogP contribution in [-0.4, -0.2) is 31.1 Å². The molecule has 4 rings (SSSR count). The van der Waals surface area contributed by atoms with E-state index in [0.29, 0.717) is 17.8 Å². The Balaban J connectivity index is 1.54. The molecule has 0 amide bonds. The van der Waals surface area contributed by atoms with Gasteiger partial charge in [-0.3, -0.25) is 4.90 Å². The van der Waals surface area contributed by atoms with Crippen molar-refractivity contribution in [2.24, 2.45) is 0 Å². The van der Waals surface area contributed by atoms with E-state index in [1.807, 2.05) is 32.0 Å². The van der Waals surface area contributed by atoms with E-state index >= 15 is 0 Å². The second-order valence-corrected chi connectivity index (χ2v) is 7.19. The number of aryl methyl sites for hydroxylation is 2. The molecule has 0 unspecified atom stereocenters. The molecule has 1 aromatic heterocycles. The summed E-state index contributed by atoms with van der Waals surface area (Å²) in [5, 5.41) is 0.995. The molecule has 27 heavy (non-hydrogen) atoms. The number of piperazine rings is 1. The second kappa shape index (κ2) is 7.16. The van der Waals surface area contributed by atoms with Crippen molar-refractivity contribution in [1.29, 1.82) is 0 Å². The minimum absolute atomic E-state index is 0.177. The molecule has 1 saturated heterocycles. The third-order valence-electron chi connectivity index (χ3n) is 5.48. The monoisotopic (exact) mass is 366 g/mol. The van der Waals surface area contributed by atoms with Crippen LogP contribution >= 0.6 is 0 Å². The van der Waals surface area contributed by atoms with Gasteiger partial charge in [0.2, 0.25) is 0 Å². The average Bonchev–Trinajstić information content (AvgIpc) is 2.66. The summed E-state index contributed by atoms with van der Waals surface area (Å²) in [6, 6.07) is 12.6. The number of halogens is 1. The quantitative estimate of drug-likeness (QED) is 0.660. The Morgan fingerprint density at radius 3 is 2.52 bits per heavy atom. The summed E-state index contributed by atoms with van der Waals surface area (Å²) in [5.74, 6) is -0.177. The van der Waals surface area contributed by atoms with E-state index in [2.05, 4.69) is 15.9 Å². The maximum Gasteiger partial charge on any atom is 0.336 e. The number of fused-ring (bicyclic) bond motifs is 1. The lowest BCUT2D eigenvalue weighted by Crippen LogP contribution is -2.46. The van der Waals surface area contributed by atoms with Gasteiger partial charge in [0, 0.05) is 44.2 Å². The number of anilines is 1. The fourth-order valence-corrected chi connectivity index (χ4v) is 3.75. The normalized spacial score (nSPS) is 15.4. The lowest BCUT2D eigenvalue weighted by atomic mass is 10.0. The first-order valence-electron chi connectivity index (χ1n) is 9.28.